The van der Waals surface area contributed by atoms with Crippen molar-refractivity contribution in [2.75, 3.05) is 0 Å². The van der Waals surface area contributed by atoms with Gasteiger partial charge in [0.2, 0.25) is 5.91 Å². The van der Waals surface area contributed by atoms with E-state index in [0.29, 0.717) is 5.56 Å². The summed E-state index contributed by atoms with van der Waals surface area (Å²) in [5.41, 5.74) is 1.50. The smallest absolute Gasteiger partial charge is 0.275 e. The van der Waals surface area contributed by atoms with E-state index in [2.05, 4.69) is 0 Å². The van der Waals surface area contributed by atoms with Gasteiger partial charge in [0.15, 0.2) is 0 Å². The van der Waals surface area contributed by atoms with Crippen LogP contribution in [0.1, 0.15) is 23.4 Å². The van der Waals surface area contributed by atoms with Crippen LogP contribution >= 0.6 is 11.6 Å². The molecule has 1 rings (SSSR count). The summed E-state index contributed by atoms with van der Waals surface area (Å²) in [6, 6.07) is 7.00. The topological polar surface area (TPSA) is 57.6 Å². The van der Waals surface area contributed by atoms with Crippen molar-refractivity contribution >= 4 is 23.4 Å². The van der Waals surface area contributed by atoms with Gasteiger partial charge < -0.3 is 0 Å². The second kappa shape index (κ2) is 5.09. The van der Waals surface area contributed by atoms with Gasteiger partial charge >= 0.3 is 0 Å². The van der Waals surface area contributed by atoms with Crippen LogP contribution in [-0.4, -0.2) is 22.1 Å². The number of imide groups is 1. The molecule has 5 heteroatoms. The third-order valence-electron chi connectivity index (χ3n) is 2.06. The number of nitrogens with zero attached hydrogens (tertiary/aromatic N) is 1. The SMILES string of the molecule is CC(=O)N(O)C(=O)C(Cl)c1cccc(C)c1. The molecule has 0 aliphatic heterocycles. The van der Waals surface area contributed by atoms with E-state index in [9.17, 15) is 9.59 Å². The summed E-state index contributed by atoms with van der Waals surface area (Å²) >= 11 is 5.86. The molecule has 0 aliphatic rings. The quantitative estimate of drug-likeness (QED) is 0.490. The number of benzene rings is 1. The van der Waals surface area contributed by atoms with Gasteiger partial charge in [-0.3, -0.25) is 14.8 Å². The summed E-state index contributed by atoms with van der Waals surface area (Å²) in [5, 5.41) is 8.11. The lowest BCUT2D eigenvalue weighted by atomic mass is 10.1. The zero-order valence-electron chi connectivity index (χ0n) is 8.98. The van der Waals surface area contributed by atoms with E-state index in [4.69, 9.17) is 16.8 Å². The van der Waals surface area contributed by atoms with Crippen LogP contribution in [-0.2, 0) is 9.59 Å². The number of rotatable bonds is 2. The molecule has 0 saturated heterocycles. The normalized spacial score (nSPS) is 12.0. The van der Waals surface area contributed by atoms with Crippen molar-refractivity contribution in [1.29, 1.82) is 0 Å². The number of carbonyl (C=O) groups is 2. The van der Waals surface area contributed by atoms with Gasteiger partial charge in [0.25, 0.3) is 5.91 Å². The molecular weight excluding hydrogens is 230 g/mol. The lowest BCUT2D eigenvalue weighted by Gasteiger charge is -2.15. The Labute approximate surface area is 98.4 Å². The van der Waals surface area contributed by atoms with Gasteiger partial charge in [-0.2, -0.15) is 5.06 Å². The molecule has 1 atom stereocenters. The first-order chi connectivity index (χ1) is 7.43. The van der Waals surface area contributed by atoms with E-state index in [1.807, 2.05) is 13.0 Å². The van der Waals surface area contributed by atoms with E-state index >= 15 is 0 Å². The minimum Gasteiger partial charge on any atom is -0.278 e. The van der Waals surface area contributed by atoms with Crippen molar-refractivity contribution in [3.05, 3.63) is 35.4 Å². The molecule has 16 heavy (non-hydrogen) atoms. The highest BCUT2D eigenvalue weighted by molar-refractivity contribution is 6.31. The summed E-state index contributed by atoms with van der Waals surface area (Å²) < 4.78 is 0. The van der Waals surface area contributed by atoms with Crippen molar-refractivity contribution in [2.45, 2.75) is 19.2 Å². The predicted octanol–water partition coefficient (Wildman–Crippen LogP) is 2.04. The third kappa shape index (κ3) is 2.81. The van der Waals surface area contributed by atoms with Crippen LogP contribution in [0.2, 0.25) is 0 Å². The summed E-state index contributed by atoms with van der Waals surface area (Å²) in [6.07, 6.45) is 0. The van der Waals surface area contributed by atoms with Crippen molar-refractivity contribution in [2.24, 2.45) is 0 Å². The fraction of sp³-hybridized carbons (Fsp3) is 0.273. The Morgan fingerprint density at radius 1 is 1.44 bits per heavy atom. The standard InChI is InChI=1S/C11H12ClNO3/c1-7-4-3-5-9(6-7)10(12)11(15)13(16)8(2)14/h3-6,10,16H,1-2H3. The molecular formula is C11H12ClNO3. The highest BCUT2D eigenvalue weighted by atomic mass is 35.5. The van der Waals surface area contributed by atoms with Gasteiger partial charge in [0.1, 0.15) is 5.38 Å². The number of halogens is 1. The number of alkyl halides is 1. The average molecular weight is 242 g/mol. The number of aryl methyl sites for hydroxylation is 1. The zero-order valence-corrected chi connectivity index (χ0v) is 9.73. The highest BCUT2D eigenvalue weighted by Crippen LogP contribution is 2.23. The average Bonchev–Trinajstić information content (AvgIpc) is 2.26. The molecule has 0 aliphatic carbocycles. The molecule has 0 fully saturated rings. The van der Waals surface area contributed by atoms with Crippen LogP contribution in [0.15, 0.2) is 24.3 Å². The van der Waals surface area contributed by atoms with Gasteiger partial charge in [-0.15, -0.1) is 11.6 Å². The van der Waals surface area contributed by atoms with Crippen molar-refractivity contribution in [3.63, 3.8) is 0 Å². The Kier molecular flexibility index (Phi) is 4.04. The number of hydrogen-bond acceptors (Lipinski definition) is 3. The lowest BCUT2D eigenvalue weighted by molar-refractivity contribution is -0.177. The molecule has 0 radical (unpaired) electrons. The largest absolute Gasteiger partial charge is 0.278 e. The molecule has 1 unspecified atom stereocenters. The minimum absolute atomic E-state index is 0.0278. The van der Waals surface area contributed by atoms with Crippen molar-refractivity contribution in [3.8, 4) is 0 Å². The van der Waals surface area contributed by atoms with Gasteiger partial charge in [0.05, 0.1) is 0 Å². The van der Waals surface area contributed by atoms with Crippen LogP contribution in [0, 0.1) is 6.92 Å². The van der Waals surface area contributed by atoms with Crippen molar-refractivity contribution in [1.82, 2.24) is 5.06 Å². The molecule has 1 N–H and O–H groups in total. The second-order valence-corrected chi connectivity index (χ2v) is 3.88. The Bertz CT molecular complexity index is 419. The zero-order chi connectivity index (χ0) is 12.3. The fourth-order valence-electron chi connectivity index (χ4n) is 1.23. The Morgan fingerprint density at radius 2 is 2.06 bits per heavy atom. The molecule has 86 valence electrons. The maximum absolute atomic E-state index is 11.5. The van der Waals surface area contributed by atoms with Gasteiger partial charge in [-0.1, -0.05) is 29.8 Å². The first kappa shape index (κ1) is 12.7. The van der Waals surface area contributed by atoms with Gasteiger partial charge in [-0.25, -0.2) is 0 Å². The predicted molar refractivity (Wildman–Crippen MR) is 59.1 cm³/mol. The molecule has 4 nitrogen and oxygen atoms in total. The summed E-state index contributed by atoms with van der Waals surface area (Å²) in [4.78, 5) is 22.3. The van der Waals surface area contributed by atoms with E-state index < -0.39 is 17.2 Å². The van der Waals surface area contributed by atoms with Crippen LogP contribution in [0.3, 0.4) is 0 Å². The maximum Gasteiger partial charge on any atom is 0.275 e. The number of amides is 2. The van der Waals surface area contributed by atoms with E-state index in [-0.39, 0.29) is 5.06 Å². The lowest BCUT2D eigenvalue weighted by Crippen LogP contribution is -2.34. The Hall–Kier alpha value is -1.39. The molecule has 0 saturated carbocycles. The minimum atomic E-state index is -1.06. The Balaban J connectivity index is 2.90. The number of hydroxylamine groups is 2. The molecule has 1 aromatic rings. The molecule has 0 heterocycles. The summed E-state index contributed by atoms with van der Waals surface area (Å²) in [6.45, 7) is 2.94. The highest BCUT2D eigenvalue weighted by Gasteiger charge is 2.25. The molecule has 0 bridgehead atoms. The van der Waals surface area contributed by atoms with Crippen molar-refractivity contribution < 1.29 is 14.8 Å². The van der Waals surface area contributed by atoms with Crippen LogP contribution in [0.25, 0.3) is 0 Å². The van der Waals surface area contributed by atoms with Gasteiger partial charge in [-0.05, 0) is 12.5 Å². The first-order valence-corrected chi connectivity index (χ1v) is 5.11. The fourth-order valence-corrected chi connectivity index (χ4v) is 1.46. The maximum atomic E-state index is 11.5. The summed E-state index contributed by atoms with van der Waals surface area (Å²) in [7, 11) is 0. The van der Waals surface area contributed by atoms with Crippen LogP contribution in [0.5, 0.6) is 0 Å². The molecule has 0 spiro atoms. The molecule has 0 aromatic heterocycles. The summed E-state index contributed by atoms with van der Waals surface area (Å²) in [5.74, 6) is -1.61. The number of hydrogen-bond donors (Lipinski definition) is 1. The van der Waals surface area contributed by atoms with Crippen LogP contribution < -0.4 is 0 Å². The molecule has 1 aromatic carbocycles. The van der Waals surface area contributed by atoms with E-state index in [1.54, 1.807) is 18.2 Å². The number of carbonyl (C=O) groups excluding carboxylic acids is 2. The monoisotopic (exact) mass is 241 g/mol. The Morgan fingerprint density at radius 3 is 2.56 bits per heavy atom. The second-order valence-electron chi connectivity index (χ2n) is 3.45. The van der Waals surface area contributed by atoms with E-state index in [0.717, 1.165) is 12.5 Å². The van der Waals surface area contributed by atoms with E-state index in [1.165, 1.54) is 0 Å². The molecule has 2 amide bonds. The first-order valence-electron chi connectivity index (χ1n) is 4.67. The van der Waals surface area contributed by atoms with Crippen LogP contribution in [0.4, 0.5) is 0 Å². The third-order valence-corrected chi connectivity index (χ3v) is 2.50. The van der Waals surface area contributed by atoms with Gasteiger partial charge in [0, 0.05) is 6.92 Å².